The van der Waals surface area contributed by atoms with Crippen LogP contribution in [-0.2, 0) is 15.0 Å². The number of nitrogens with two attached hydrogens (primary N) is 1. The smallest absolute Gasteiger partial charge is 0.240 e. The summed E-state index contributed by atoms with van der Waals surface area (Å²) in [6.07, 6.45) is 2.55. The van der Waals surface area contributed by atoms with Crippen LogP contribution >= 0.6 is 0 Å². The molecule has 0 saturated carbocycles. The quantitative estimate of drug-likeness (QED) is 0.740. The molecule has 1 fully saturated rings. The third-order valence-electron chi connectivity index (χ3n) is 5.67. The molecule has 2 amide bonds. The Morgan fingerprint density at radius 1 is 1.22 bits per heavy atom. The predicted octanol–water partition coefficient (Wildman–Crippen LogP) is 1.54. The van der Waals surface area contributed by atoms with Crippen LogP contribution < -0.4 is 15.5 Å². The molecule has 0 bridgehead atoms. The summed E-state index contributed by atoms with van der Waals surface area (Å²) < 4.78 is 0. The van der Waals surface area contributed by atoms with Gasteiger partial charge in [0.2, 0.25) is 11.8 Å². The van der Waals surface area contributed by atoms with Crippen molar-refractivity contribution in [1.82, 2.24) is 9.97 Å². The Kier molecular flexibility index (Phi) is 3.28. The van der Waals surface area contributed by atoms with Crippen molar-refractivity contribution in [2.24, 2.45) is 5.73 Å². The summed E-state index contributed by atoms with van der Waals surface area (Å²) in [7, 11) is 0. The van der Waals surface area contributed by atoms with Crippen molar-refractivity contribution < 1.29 is 9.59 Å². The van der Waals surface area contributed by atoms with E-state index in [1.165, 1.54) is 4.90 Å². The zero-order chi connectivity index (χ0) is 18.6. The van der Waals surface area contributed by atoms with E-state index in [2.05, 4.69) is 9.88 Å². The molecular weight excluding hydrogens is 342 g/mol. The Morgan fingerprint density at radius 3 is 2.93 bits per heavy atom. The van der Waals surface area contributed by atoms with E-state index in [1.807, 2.05) is 48.7 Å². The van der Waals surface area contributed by atoms with E-state index in [-0.39, 0.29) is 12.5 Å². The zero-order valence-corrected chi connectivity index (χ0v) is 14.7. The lowest BCUT2D eigenvalue weighted by Gasteiger charge is -2.24. The van der Waals surface area contributed by atoms with Gasteiger partial charge in [-0.05, 0) is 36.2 Å². The second kappa shape index (κ2) is 5.57. The van der Waals surface area contributed by atoms with Gasteiger partial charge in [-0.25, -0.2) is 4.98 Å². The van der Waals surface area contributed by atoms with Crippen LogP contribution in [0.25, 0.3) is 11.0 Å². The summed E-state index contributed by atoms with van der Waals surface area (Å²) >= 11 is 0. The number of nitrogens with one attached hydrogen (secondary N) is 1. The Hall–Kier alpha value is -3.35. The molecule has 2 aliphatic rings. The molecule has 2 aliphatic heterocycles. The highest BCUT2D eigenvalue weighted by Gasteiger charge is 2.54. The first-order valence-electron chi connectivity index (χ1n) is 8.97. The molecule has 2 aromatic heterocycles. The van der Waals surface area contributed by atoms with Crippen molar-refractivity contribution in [1.29, 1.82) is 0 Å². The third kappa shape index (κ3) is 2.24. The van der Waals surface area contributed by atoms with Crippen LogP contribution in [0.1, 0.15) is 12.0 Å². The van der Waals surface area contributed by atoms with E-state index in [0.717, 1.165) is 34.6 Å². The average Bonchev–Trinajstić information content (AvgIpc) is 3.36. The maximum absolute atomic E-state index is 13.3. The van der Waals surface area contributed by atoms with Crippen molar-refractivity contribution in [3.05, 3.63) is 54.2 Å². The number of para-hydroxylation sites is 1. The molecule has 5 rings (SSSR count). The average molecular weight is 361 g/mol. The van der Waals surface area contributed by atoms with E-state index < -0.39 is 11.3 Å². The van der Waals surface area contributed by atoms with Gasteiger partial charge in [0.05, 0.1) is 5.41 Å². The fourth-order valence-electron chi connectivity index (χ4n) is 4.41. The highest BCUT2D eigenvalue weighted by atomic mass is 16.2. The second-order valence-corrected chi connectivity index (χ2v) is 7.21. The van der Waals surface area contributed by atoms with Gasteiger partial charge < -0.3 is 20.5 Å². The van der Waals surface area contributed by atoms with E-state index in [4.69, 9.17) is 10.7 Å². The number of aromatic nitrogens is 2. The number of H-pyrrole nitrogens is 1. The molecule has 4 heterocycles. The Morgan fingerprint density at radius 2 is 2.07 bits per heavy atom. The molecule has 1 aromatic carbocycles. The Bertz CT molecular complexity index is 1070. The molecule has 136 valence electrons. The van der Waals surface area contributed by atoms with Crippen LogP contribution in [0.2, 0.25) is 0 Å². The summed E-state index contributed by atoms with van der Waals surface area (Å²) in [6, 6.07) is 13.7. The van der Waals surface area contributed by atoms with Crippen LogP contribution in [0.15, 0.2) is 48.7 Å². The number of hydrogen-bond donors (Lipinski definition) is 2. The van der Waals surface area contributed by atoms with Crippen molar-refractivity contribution in [2.45, 2.75) is 11.8 Å². The maximum atomic E-state index is 13.3. The minimum absolute atomic E-state index is 0.0500. The van der Waals surface area contributed by atoms with Gasteiger partial charge >= 0.3 is 0 Å². The topological polar surface area (TPSA) is 95.3 Å². The largest absolute Gasteiger partial charge is 0.368 e. The number of aromatic amines is 1. The van der Waals surface area contributed by atoms with Gasteiger partial charge in [-0.2, -0.15) is 0 Å². The number of primary amides is 1. The summed E-state index contributed by atoms with van der Waals surface area (Å²) in [4.78, 5) is 36.3. The second-order valence-electron chi connectivity index (χ2n) is 7.21. The predicted molar refractivity (Wildman–Crippen MR) is 103 cm³/mol. The summed E-state index contributed by atoms with van der Waals surface area (Å²) in [5, 5.41) is 1.06. The van der Waals surface area contributed by atoms with E-state index in [0.29, 0.717) is 13.0 Å². The van der Waals surface area contributed by atoms with Crippen LogP contribution in [0.5, 0.6) is 0 Å². The fourth-order valence-corrected chi connectivity index (χ4v) is 4.41. The molecule has 1 atom stereocenters. The normalized spacial score (nSPS) is 21.4. The van der Waals surface area contributed by atoms with Gasteiger partial charge in [0.1, 0.15) is 18.0 Å². The third-order valence-corrected chi connectivity index (χ3v) is 5.67. The van der Waals surface area contributed by atoms with Gasteiger partial charge in [0, 0.05) is 30.4 Å². The molecule has 0 unspecified atom stereocenters. The summed E-state index contributed by atoms with van der Waals surface area (Å²) in [5.74, 6) is 0.287. The van der Waals surface area contributed by atoms with Crippen molar-refractivity contribution in [3.8, 4) is 0 Å². The van der Waals surface area contributed by atoms with E-state index in [1.54, 1.807) is 0 Å². The monoisotopic (exact) mass is 361 g/mol. The lowest BCUT2D eigenvalue weighted by molar-refractivity contribution is -0.124. The number of hydrogen-bond acceptors (Lipinski definition) is 4. The number of nitrogens with zero attached hydrogens (tertiary/aromatic N) is 3. The fraction of sp³-hybridized carbons (Fsp3) is 0.250. The molecule has 0 aliphatic carbocycles. The maximum Gasteiger partial charge on any atom is 0.240 e. The standard InChI is InChI=1S/C20H19N5O2/c21-16(26)11-25-15-4-2-1-3-14(15)20(19(25)27)8-10-24(12-20)17-6-5-13-7-9-22-18(13)23-17/h1-7,9H,8,10-12H2,(H2,21,26)(H,22,23)/t20-/m0/s1. The molecule has 3 N–H and O–H groups in total. The van der Waals surface area contributed by atoms with Crippen molar-refractivity contribution in [2.75, 3.05) is 29.4 Å². The SMILES string of the molecule is NC(=O)CN1C(=O)[C@]2(CCN(c3ccc4cc[nH]c4n3)C2)c2ccccc21. The minimum Gasteiger partial charge on any atom is -0.368 e. The van der Waals surface area contributed by atoms with E-state index >= 15 is 0 Å². The van der Waals surface area contributed by atoms with Gasteiger partial charge in [0.25, 0.3) is 0 Å². The number of carbonyl (C=O) groups is 2. The number of fused-ring (bicyclic) bond motifs is 3. The van der Waals surface area contributed by atoms with Crippen LogP contribution in [0.4, 0.5) is 11.5 Å². The number of anilines is 2. The lowest BCUT2D eigenvalue weighted by atomic mass is 9.81. The van der Waals surface area contributed by atoms with Gasteiger partial charge in [-0.15, -0.1) is 0 Å². The first-order chi connectivity index (χ1) is 13.1. The molecular formula is C20H19N5O2. The van der Waals surface area contributed by atoms with Gasteiger partial charge in [-0.3, -0.25) is 9.59 Å². The first kappa shape index (κ1) is 15.9. The molecule has 3 aromatic rings. The molecule has 1 saturated heterocycles. The number of amides is 2. The van der Waals surface area contributed by atoms with Gasteiger partial charge in [-0.1, -0.05) is 18.2 Å². The van der Waals surface area contributed by atoms with Crippen molar-refractivity contribution >= 4 is 34.4 Å². The molecule has 7 nitrogen and oxygen atoms in total. The number of rotatable bonds is 3. The first-order valence-corrected chi connectivity index (χ1v) is 8.97. The lowest BCUT2D eigenvalue weighted by Crippen LogP contribution is -2.45. The zero-order valence-electron chi connectivity index (χ0n) is 14.7. The van der Waals surface area contributed by atoms with Crippen LogP contribution in [0, 0.1) is 0 Å². The van der Waals surface area contributed by atoms with Crippen LogP contribution in [-0.4, -0.2) is 41.4 Å². The van der Waals surface area contributed by atoms with Crippen LogP contribution in [0.3, 0.4) is 0 Å². The Labute approximate surface area is 155 Å². The van der Waals surface area contributed by atoms with E-state index in [9.17, 15) is 9.59 Å². The molecule has 7 heteroatoms. The minimum atomic E-state index is -0.654. The number of benzene rings is 1. The molecule has 0 radical (unpaired) electrons. The molecule has 1 spiro atoms. The highest BCUT2D eigenvalue weighted by molar-refractivity contribution is 6.11. The number of carbonyl (C=O) groups excluding carboxylic acids is 2. The van der Waals surface area contributed by atoms with Gasteiger partial charge in [0.15, 0.2) is 0 Å². The summed E-state index contributed by atoms with van der Waals surface area (Å²) in [6.45, 7) is 1.17. The summed E-state index contributed by atoms with van der Waals surface area (Å²) in [5.41, 5.74) is 7.32. The molecule has 27 heavy (non-hydrogen) atoms. The number of pyridine rings is 1. The Balaban J connectivity index is 1.53. The van der Waals surface area contributed by atoms with Crippen molar-refractivity contribution in [3.63, 3.8) is 0 Å². The highest BCUT2D eigenvalue weighted by Crippen LogP contribution is 2.47.